The molecule has 0 atom stereocenters. The largest absolute Gasteiger partial charge is 0.361 e. The Bertz CT molecular complexity index is 1090. The number of hydrogen-bond donors (Lipinski definition) is 2. The van der Waals surface area contributed by atoms with Crippen LogP contribution in [0.15, 0.2) is 48.7 Å². The summed E-state index contributed by atoms with van der Waals surface area (Å²) in [6.07, 6.45) is 2.03. The van der Waals surface area contributed by atoms with Gasteiger partial charge in [0.25, 0.3) is 0 Å². The summed E-state index contributed by atoms with van der Waals surface area (Å²) < 4.78 is 0. The zero-order chi connectivity index (χ0) is 18.7. The molecule has 0 fully saturated rings. The van der Waals surface area contributed by atoms with E-state index in [2.05, 4.69) is 94.0 Å². The van der Waals surface area contributed by atoms with E-state index in [0.717, 1.165) is 0 Å². The van der Waals surface area contributed by atoms with Crippen molar-refractivity contribution in [3.63, 3.8) is 0 Å². The maximum Gasteiger partial charge on any atom is 0.0496 e. The van der Waals surface area contributed by atoms with Gasteiger partial charge in [0.1, 0.15) is 0 Å². The topological polar surface area (TPSA) is 31.6 Å². The Morgan fingerprint density at radius 1 is 0.769 bits per heavy atom. The lowest BCUT2D eigenvalue weighted by Crippen LogP contribution is -2.11. The van der Waals surface area contributed by atoms with Crippen molar-refractivity contribution in [1.82, 2.24) is 9.97 Å². The van der Waals surface area contributed by atoms with Crippen molar-refractivity contribution < 1.29 is 0 Å². The first-order chi connectivity index (χ1) is 12.1. The predicted octanol–water partition coefficient (Wildman–Crippen LogP) is 6.91. The van der Waals surface area contributed by atoms with E-state index >= 15 is 0 Å². The van der Waals surface area contributed by atoms with Crippen molar-refractivity contribution >= 4 is 21.8 Å². The quantitative estimate of drug-likeness (QED) is 0.376. The average Bonchev–Trinajstić information content (AvgIpc) is 3.17. The molecule has 2 heterocycles. The molecule has 2 nitrogen and oxygen atoms in total. The summed E-state index contributed by atoms with van der Waals surface area (Å²) in [6.45, 7) is 13.6. The molecule has 0 unspecified atom stereocenters. The highest BCUT2D eigenvalue weighted by atomic mass is 14.7. The van der Waals surface area contributed by atoms with Crippen molar-refractivity contribution in [1.29, 1.82) is 0 Å². The fraction of sp³-hybridized carbons (Fsp3) is 0.333. The van der Waals surface area contributed by atoms with Crippen molar-refractivity contribution in [3.8, 4) is 11.3 Å². The number of para-hydroxylation sites is 1. The molecule has 0 radical (unpaired) electrons. The zero-order valence-corrected chi connectivity index (χ0v) is 16.6. The third-order valence-electron chi connectivity index (χ3n) is 5.25. The molecular formula is C24H28N2. The number of nitrogens with one attached hydrogen (secondary N) is 2. The highest BCUT2D eigenvalue weighted by molar-refractivity contribution is 5.93. The maximum atomic E-state index is 3.71. The number of fused-ring (bicyclic) bond motifs is 2. The van der Waals surface area contributed by atoms with Crippen LogP contribution in [0.2, 0.25) is 0 Å². The number of rotatable bonds is 1. The van der Waals surface area contributed by atoms with E-state index < -0.39 is 0 Å². The lowest BCUT2D eigenvalue weighted by Gasteiger charge is -2.21. The Kier molecular flexibility index (Phi) is 3.59. The lowest BCUT2D eigenvalue weighted by molar-refractivity contribution is 0.595. The predicted molar refractivity (Wildman–Crippen MR) is 113 cm³/mol. The Hall–Kier alpha value is -2.48. The molecule has 2 N–H and O–H groups in total. The molecular weight excluding hydrogens is 316 g/mol. The van der Waals surface area contributed by atoms with Gasteiger partial charge in [0.2, 0.25) is 0 Å². The van der Waals surface area contributed by atoms with Gasteiger partial charge < -0.3 is 9.97 Å². The summed E-state index contributed by atoms with van der Waals surface area (Å²) in [5.74, 6) is 0. The van der Waals surface area contributed by atoms with Gasteiger partial charge in [-0.1, -0.05) is 59.7 Å². The lowest BCUT2D eigenvalue weighted by atomic mass is 9.83. The molecule has 2 heteroatoms. The van der Waals surface area contributed by atoms with Crippen molar-refractivity contribution in [2.45, 2.75) is 52.4 Å². The van der Waals surface area contributed by atoms with Gasteiger partial charge in [-0.15, -0.1) is 0 Å². The molecule has 0 bridgehead atoms. The van der Waals surface area contributed by atoms with Crippen LogP contribution in [0, 0.1) is 0 Å². The Morgan fingerprint density at radius 2 is 1.50 bits per heavy atom. The van der Waals surface area contributed by atoms with Gasteiger partial charge in [-0.2, -0.15) is 0 Å². The first-order valence-electron chi connectivity index (χ1n) is 9.39. The SMILES string of the molecule is CC(C)(C)c1cc(-c2cc3cccc(C(C)(C)C)c3[nH]2)cc2[nH]ccc12. The molecule has 2 aromatic heterocycles. The minimum atomic E-state index is 0.0963. The summed E-state index contributed by atoms with van der Waals surface area (Å²) in [5, 5.41) is 2.59. The molecule has 4 aromatic rings. The molecule has 0 saturated carbocycles. The van der Waals surface area contributed by atoms with Crippen LogP contribution in [0.3, 0.4) is 0 Å². The fourth-order valence-electron chi connectivity index (χ4n) is 3.88. The highest BCUT2D eigenvalue weighted by Crippen LogP contribution is 2.36. The molecule has 4 rings (SSSR count). The van der Waals surface area contributed by atoms with Crippen molar-refractivity contribution in [2.24, 2.45) is 0 Å². The van der Waals surface area contributed by atoms with E-state index in [1.165, 1.54) is 44.2 Å². The molecule has 134 valence electrons. The second-order valence-electron chi connectivity index (χ2n) is 9.42. The van der Waals surface area contributed by atoms with Gasteiger partial charge in [-0.25, -0.2) is 0 Å². The molecule has 0 aliphatic rings. The number of benzene rings is 2. The van der Waals surface area contributed by atoms with Crippen LogP contribution in [0.5, 0.6) is 0 Å². The Balaban J connectivity index is 1.96. The first kappa shape index (κ1) is 17.0. The first-order valence-corrected chi connectivity index (χ1v) is 9.39. The Labute approximate surface area is 155 Å². The van der Waals surface area contributed by atoms with Crippen molar-refractivity contribution in [3.05, 3.63) is 59.8 Å². The summed E-state index contributed by atoms with van der Waals surface area (Å²) in [7, 11) is 0. The molecule has 26 heavy (non-hydrogen) atoms. The van der Waals surface area contributed by atoms with Crippen LogP contribution in [0.25, 0.3) is 33.1 Å². The minimum Gasteiger partial charge on any atom is -0.361 e. The van der Waals surface area contributed by atoms with Gasteiger partial charge in [-0.3, -0.25) is 0 Å². The summed E-state index contributed by atoms with van der Waals surface area (Å²) >= 11 is 0. The monoisotopic (exact) mass is 344 g/mol. The van der Waals surface area contributed by atoms with E-state index in [4.69, 9.17) is 0 Å². The van der Waals surface area contributed by atoms with Crippen LogP contribution >= 0.6 is 0 Å². The molecule has 0 amide bonds. The minimum absolute atomic E-state index is 0.0963. The molecule has 0 saturated heterocycles. The average molecular weight is 345 g/mol. The molecule has 0 aliphatic heterocycles. The zero-order valence-electron chi connectivity index (χ0n) is 16.6. The number of H-pyrrole nitrogens is 2. The van der Waals surface area contributed by atoms with Crippen molar-refractivity contribution in [2.75, 3.05) is 0 Å². The van der Waals surface area contributed by atoms with E-state index in [0.29, 0.717) is 0 Å². The van der Waals surface area contributed by atoms with E-state index in [1.54, 1.807) is 0 Å². The normalized spacial score (nSPS) is 13.0. The van der Waals surface area contributed by atoms with Crippen LogP contribution < -0.4 is 0 Å². The third kappa shape index (κ3) is 2.74. The maximum absolute atomic E-state index is 3.71. The summed E-state index contributed by atoms with van der Waals surface area (Å²) in [6, 6.07) is 15.7. The van der Waals surface area contributed by atoms with Gasteiger partial charge in [0, 0.05) is 39.3 Å². The summed E-state index contributed by atoms with van der Waals surface area (Å²) in [4.78, 5) is 7.11. The van der Waals surface area contributed by atoms with Gasteiger partial charge in [0.15, 0.2) is 0 Å². The second kappa shape index (κ2) is 5.51. The van der Waals surface area contributed by atoms with E-state index in [1.807, 2.05) is 6.20 Å². The van der Waals surface area contributed by atoms with Crippen LogP contribution in [0.1, 0.15) is 52.7 Å². The summed E-state index contributed by atoms with van der Waals surface area (Å²) in [5.41, 5.74) is 7.81. The number of aromatic amines is 2. The highest BCUT2D eigenvalue weighted by Gasteiger charge is 2.21. The molecule has 0 aliphatic carbocycles. The second-order valence-corrected chi connectivity index (χ2v) is 9.42. The van der Waals surface area contributed by atoms with Crippen LogP contribution in [-0.4, -0.2) is 9.97 Å². The molecule has 0 spiro atoms. The van der Waals surface area contributed by atoms with Gasteiger partial charge in [-0.05, 0) is 46.2 Å². The van der Waals surface area contributed by atoms with E-state index in [9.17, 15) is 0 Å². The van der Waals surface area contributed by atoms with E-state index in [-0.39, 0.29) is 10.8 Å². The standard InChI is InChI=1S/C24H28N2/c1-23(2,3)18-9-7-8-15-13-20(26-22(15)18)16-12-19(24(4,5)6)17-10-11-25-21(17)14-16/h7-14,25-26H,1-6H3. The van der Waals surface area contributed by atoms with Gasteiger partial charge >= 0.3 is 0 Å². The van der Waals surface area contributed by atoms with Crippen LogP contribution in [-0.2, 0) is 10.8 Å². The Morgan fingerprint density at radius 3 is 2.19 bits per heavy atom. The smallest absolute Gasteiger partial charge is 0.0496 e. The third-order valence-corrected chi connectivity index (χ3v) is 5.25. The van der Waals surface area contributed by atoms with Gasteiger partial charge in [0.05, 0.1) is 0 Å². The fourth-order valence-corrected chi connectivity index (χ4v) is 3.88. The number of hydrogen-bond acceptors (Lipinski definition) is 0. The number of aromatic nitrogens is 2. The molecule has 2 aromatic carbocycles. The van der Waals surface area contributed by atoms with Crippen LogP contribution in [0.4, 0.5) is 0 Å².